The van der Waals surface area contributed by atoms with Crippen LogP contribution in [0.4, 0.5) is 4.79 Å². The lowest BCUT2D eigenvalue weighted by molar-refractivity contribution is -0.117. The van der Waals surface area contributed by atoms with Gasteiger partial charge in [-0.25, -0.2) is 4.79 Å². The van der Waals surface area contributed by atoms with Crippen molar-refractivity contribution in [1.82, 2.24) is 10.6 Å². The summed E-state index contributed by atoms with van der Waals surface area (Å²) in [7, 11) is 0. The number of rotatable bonds is 4. The molecule has 17 heavy (non-hydrogen) atoms. The van der Waals surface area contributed by atoms with Crippen LogP contribution in [-0.2, 0) is 4.79 Å². The van der Waals surface area contributed by atoms with Crippen LogP contribution in [0, 0.1) is 0 Å². The summed E-state index contributed by atoms with van der Waals surface area (Å²) in [6, 6.07) is 7.17. The van der Waals surface area contributed by atoms with E-state index in [9.17, 15) is 9.59 Å². The second-order valence-corrected chi connectivity index (χ2v) is 5.00. The standard InChI is InChI=1S/C11H13BrN2O2S/c1-2-13-11(16)14-10(15)7-17-9-6-4-3-5-8(9)12/h3-6H,2,7H2,1H3,(H2,13,14,15,16). The zero-order valence-corrected chi connectivity index (χ0v) is 11.7. The number of benzene rings is 1. The predicted octanol–water partition coefficient (Wildman–Crippen LogP) is 2.39. The van der Waals surface area contributed by atoms with Gasteiger partial charge in [0.2, 0.25) is 5.91 Å². The monoisotopic (exact) mass is 316 g/mol. The van der Waals surface area contributed by atoms with Crippen molar-refractivity contribution < 1.29 is 9.59 Å². The molecule has 0 aliphatic carbocycles. The zero-order valence-electron chi connectivity index (χ0n) is 9.33. The number of hydrogen-bond donors (Lipinski definition) is 2. The zero-order chi connectivity index (χ0) is 12.7. The highest BCUT2D eigenvalue weighted by atomic mass is 79.9. The van der Waals surface area contributed by atoms with Crippen molar-refractivity contribution in [2.45, 2.75) is 11.8 Å². The van der Waals surface area contributed by atoms with Crippen LogP contribution in [0.2, 0.25) is 0 Å². The van der Waals surface area contributed by atoms with Crippen LogP contribution in [0.25, 0.3) is 0 Å². The first-order chi connectivity index (χ1) is 8.13. The maximum atomic E-state index is 11.4. The first kappa shape index (κ1) is 14.1. The lowest BCUT2D eigenvalue weighted by atomic mass is 10.4. The average Bonchev–Trinajstić information content (AvgIpc) is 2.28. The number of carbonyl (C=O) groups is 2. The molecule has 0 spiro atoms. The first-order valence-corrected chi connectivity index (χ1v) is 6.86. The van der Waals surface area contributed by atoms with E-state index in [4.69, 9.17) is 0 Å². The van der Waals surface area contributed by atoms with Gasteiger partial charge in [-0.05, 0) is 35.0 Å². The summed E-state index contributed by atoms with van der Waals surface area (Å²) in [6.45, 7) is 2.29. The van der Waals surface area contributed by atoms with Gasteiger partial charge in [0.05, 0.1) is 5.75 Å². The Balaban J connectivity index is 2.38. The third-order valence-electron chi connectivity index (χ3n) is 1.79. The maximum Gasteiger partial charge on any atom is 0.321 e. The number of carbonyl (C=O) groups excluding carboxylic acids is 2. The SMILES string of the molecule is CCNC(=O)NC(=O)CSc1ccccc1Br. The fourth-order valence-corrected chi connectivity index (χ4v) is 2.44. The van der Waals surface area contributed by atoms with Crippen LogP contribution in [0.15, 0.2) is 33.6 Å². The summed E-state index contributed by atoms with van der Waals surface area (Å²) in [5.74, 6) is -0.101. The van der Waals surface area contributed by atoms with E-state index in [1.54, 1.807) is 6.92 Å². The third-order valence-corrected chi connectivity index (χ3v) is 3.81. The highest BCUT2D eigenvalue weighted by Gasteiger charge is 2.08. The number of amides is 3. The van der Waals surface area contributed by atoms with Gasteiger partial charge in [0.15, 0.2) is 0 Å². The predicted molar refractivity (Wildman–Crippen MR) is 72.1 cm³/mol. The minimum Gasteiger partial charge on any atom is -0.338 e. The number of urea groups is 1. The van der Waals surface area contributed by atoms with E-state index in [0.717, 1.165) is 9.37 Å². The van der Waals surface area contributed by atoms with Crippen LogP contribution < -0.4 is 10.6 Å². The summed E-state index contributed by atoms with van der Waals surface area (Å²) in [4.78, 5) is 23.4. The molecular formula is C11H13BrN2O2S. The molecule has 1 aromatic rings. The Hall–Kier alpha value is -1.01. The molecule has 6 heteroatoms. The van der Waals surface area contributed by atoms with E-state index in [0.29, 0.717) is 6.54 Å². The van der Waals surface area contributed by atoms with Crippen molar-refractivity contribution >= 4 is 39.6 Å². The molecule has 2 N–H and O–H groups in total. The Kier molecular flexibility index (Phi) is 6.07. The molecule has 0 fully saturated rings. The number of nitrogens with one attached hydrogen (secondary N) is 2. The van der Waals surface area contributed by atoms with E-state index in [1.165, 1.54) is 11.8 Å². The summed E-state index contributed by atoms with van der Waals surface area (Å²) in [6.07, 6.45) is 0. The highest BCUT2D eigenvalue weighted by molar-refractivity contribution is 9.10. The number of hydrogen-bond acceptors (Lipinski definition) is 3. The lowest BCUT2D eigenvalue weighted by Gasteiger charge is -2.05. The van der Waals surface area contributed by atoms with Crippen molar-refractivity contribution in [3.05, 3.63) is 28.7 Å². The number of halogens is 1. The Morgan fingerprint density at radius 3 is 2.71 bits per heavy atom. The van der Waals surface area contributed by atoms with E-state index in [-0.39, 0.29) is 11.7 Å². The van der Waals surface area contributed by atoms with Crippen molar-refractivity contribution in [1.29, 1.82) is 0 Å². The summed E-state index contributed by atoms with van der Waals surface area (Å²) >= 11 is 4.77. The fraction of sp³-hybridized carbons (Fsp3) is 0.273. The molecule has 3 amide bonds. The summed E-state index contributed by atoms with van der Waals surface area (Å²) in [5.41, 5.74) is 0. The molecule has 0 aromatic heterocycles. The summed E-state index contributed by atoms with van der Waals surface area (Å²) in [5, 5.41) is 4.74. The Morgan fingerprint density at radius 1 is 1.35 bits per heavy atom. The lowest BCUT2D eigenvalue weighted by Crippen LogP contribution is -2.40. The largest absolute Gasteiger partial charge is 0.338 e. The molecule has 0 aliphatic rings. The molecule has 0 atom stereocenters. The van der Waals surface area contributed by atoms with Gasteiger partial charge < -0.3 is 5.32 Å². The average molecular weight is 317 g/mol. The molecule has 0 aliphatic heterocycles. The smallest absolute Gasteiger partial charge is 0.321 e. The van der Waals surface area contributed by atoms with Crippen LogP contribution in [-0.4, -0.2) is 24.2 Å². The van der Waals surface area contributed by atoms with Gasteiger partial charge in [-0.3, -0.25) is 10.1 Å². The van der Waals surface area contributed by atoms with Gasteiger partial charge in [-0.15, -0.1) is 11.8 Å². The molecule has 0 unspecified atom stereocenters. The van der Waals surface area contributed by atoms with Crippen molar-refractivity contribution in [2.75, 3.05) is 12.3 Å². The second-order valence-electron chi connectivity index (χ2n) is 3.13. The molecule has 92 valence electrons. The molecular weight excluding hydrogens is 304 g/mol. The van der Waals surface area contributed by atoms with Crippen molar-refractivity contribution in [3.8, 4) is 0 Å². The molecule has 1 rings (SSSR count). The molecule has 0 radical (unpaired) electrons. The second kappa shape index (κ2) is 7.34. The van der Waals surface area contributed by atoms with E-state index < -0.39 is 6.03 Å². The minimum absolute atomic E-state index is 0.208. The van der Waals surface area contributed by atoms with E-state index >= 15 is 0 Å². The maximum absolute atomic E-state index is 11.4. The topological polar surface area (TPSA) is 58.2 Å². The van der Waals surface area contributed by atoms with Crippen LogP contribution in [0.3, 0.4) is 0 Å². The first-order valence-electron chi connectivity index (χ1n) is 5.08. The van der Waals surface area contributed by atoms with E-state index in [1.807, 2.05) is 24.3 Å². The Bertz CT molecular complexity index is 412. The number of imide groups is 1. The molecule has 0 bridgehead atoms. The quantitative estimate of drug-likeness (QED) is 0.838. The Labute approximate surface area is 113 Å². The molecule has 0 saturated heterocycles. The van der Waals surface area contributed by atoms with Crippen LogP contribution in [0.1, 0.15) is 6.92 Å². The van der Waals surface area contributed by atoms with Gasteiger partial charge in [0.1, 0.15) is 0 Å². The fourth-order valence-electron chi connectivity index (χ4n) is 1.07. The molecule has 1 aromatic carbocycles. The van der Waals surface area contributed by atoms with Gasteiger partial charge >= 0.3 is 6.03 Å². The highest BCUT2D eigenvalue weighted by Crippen LogP contribution is 2.26. The minimum atomic E-state index is -0.453. The van der Waals surface area contributed by atoms with Gasteiger partial charge in [0.25, 0.3) is 0 Å². The summed E-state index contributed by atoms with van der Waals surface area (Å²) < 4.78 is 0.941. The molecule has 4 nitrogen and oxygen atoms in total. The Morgan fingerprint density at radius 2 is 2.06 bits per heavy atom. The van der Waals surface area contributed by atoms with Crippen LogP contribution >= 0.6 is 27.7 Å². The third kappa shape index (κ3) is 5.23. The normalized spacial score (nSPS) is 9.76. The van der Waals surface area contributed by atoms with Crippen molar-refractivity contribution in [2.24, 2.45) is 0 Å². The molecule has 0 heterocycles. The van der Waals surface area contributed by atoms with Gasteiger partial charge in [0, 0.05) is 15.9 Å². The van der Waals surface area contributed by atoms with Crippen LogP contribution in [0.5, 0.6) is 0 Å². The van der Waals surface area contributed by atoms with Crippen molar-refractivity contribution in [3.63, 3.8) is 0 Å². The number of thioether (sulfide) groups is 1. The molecule has 0 saturated carbocycles. The van der Waals surface area contributed by atoms with E-state index in [2.05, 4.69) is 26.6 Å². The van der Waals surface area contributed by atoms with Gasteiger partial charge in [-0.1, -0.05) is 12.1 Å². The van der Waals surface area contributed by atoms with Gasteiger partial charge in [-0.2, -0.15) is 0 Å².